The molecule has 2 atom stereocenters. The number of hydrogen-bond acceptors (Lipinski definition) is 2. The smallest absolute Gasteiger partial charge is 0.251 e. The van der Waals surface area contributed by atoms with Crippen molar-refractivity contribution in [2.45, 2.75) is 59.2 Å². The second-order valence-corrected chi connectivity index (χ2v) is 5.63. The summed E-state index contributed by atoms with van der Waals surface area (Å²) in [6.45, 7) is 8.70. The highest BCUT2D eigenvalue weighted by Crippen LogP contribution is 2.06. The Labute approximate surface area is 156 Å². The number of benzene rings is 1. The Morgan fingerprint density at radius 3 is 2.13 bits per heavy atom. The number of nitrogens with one attached hydrogen (secondary N) is 2. The first-order chi connectivity index (χ1) is 10.5. The standard InChI is InChI=1S/C17H28N4O.HI/c1-5-12(3)20-16(22)15-9-7-14(8-10-15)11-19-17(18)21-13(4)6-2;/h7-10,12-13H,5-6,11H2,1-4H3,(H,20,22)(H3,18,19,21);1H. The maximum atomic E-state index is 12.0. The number of guanidine groups is 1. The van der Waals surface area contributed by atoms with E-state index >= 15 is 0 Å². The molecule has 0 heterocycles. The Bertz CT molecular complexity index is 502. The van der Waals surface area contributed by atoms with E-state index in [0.29, 0.717) is 24.1 Å². The number of hydrogen-bond donors (Lipinski definition) is 3. The van der Waals surface area contributed by atoms with Crippen LogP contribution in [0.5, 0.6) is 0 Å². The maximum Gasteiger partial charge on any atom is 0.251 e. The quantitative estimate of drug-likeness (QED) is 0.352. The van der Waals surface area contributed by atoms with Crippen molar-refractivity contribution in [2.24, 2.45) is 10.7 Å². The molecule has 0 aliphatic carbocycles. The van der Waals surface area contributed by atoms with Gasteiger partial charge in [0.1, 0.15) is 0 Å². The number of nitrogens with two attached hydrogens (primary N) is 1. The molecule has 5 nitrogen and oxygen atoms in total. The van der Waals surface area contributed by atoms with Crippen molar-refractivity contribution in [1.82, 2.24) is 10.6 Å². The molecule has 0 radical (unpaired) electrons. The zero-order chi connectivity index (χ0) is 16.5. The van der Waals surface area contributed by atoms with Crippen LogP contribution in [-0.4, -0.2) is 24.0 Å². The Hall–Kier alpha value is -1.31. The molecule has 23 heavy (non-hydrogen) atoms. The molecule has 1 amide bonds. The minimum Gasteiger partial charge on any atom is -0.370 e. The zero-order valence-electron chi connectivity index (χ0n) is 14.4. The molecule has 0 bridgehead atoms. The first-order valence-corrected chi connectivity index (χ1v) is 7.92. The van der Waals surface area contributed by atoms with Crippen LogP contribution in [0.15, 0.2) is 29.3 Å². The first kappa shape index (κ1) is 21.7. The Morgan fingerprint density at radius 2 is 1.61 bits per heavy atom. The van der Waals surface area contributed by atoms with Crippen molar-refractivity contribution in [2.75, 3.05) is 0 Å². The number of aliphatic imine (C=N–C) groups is 1. The van der Waals surface area contributed by atoms with Gasteiger partial charge in [-0.1, -0.05) is 26.0 Å². The highest BCUT2D eigenvalue weighted by molar-refractivity contribution is 14.0. The van der Waals surface area contributed by atoms with Crippen molar-refractivity contribution < 1.29 is 4.79 Å². The minimum absolute atomic E-state index is 0. The average Bonchev–Trinajstić information content (AvgIpc) is 2.52. The highest BCUT2D eigenvalue weighted by atomic mass is 127. The SMILES string of the molecule is CCC(C)NC(=O)c1ccc(CN=C(N)NC(C)CC)cc1.I. The second kappa shape index (κ2) is 11.3. The average molecular weight is 432 g/mol. The highest BCUT2D eigenvalue weighted by Gasteiger charge is 2.08. The molecule has 0 fully saturated rings. The van der Waals surface area contributed by atoms with Gasteiger partial charge >= 0.3 is 0 Å². The molecule has 0 saturated carbocycles. The number of amides is 1. The summed E-state index contributed by atoms with van der Waals surface area (Å²) in [6, 6.07) is 7.96. The fourth-order valence-corrected chi connectivity index (χ4v) is 1.75. The van der Waals surface area contributed by atoms with Gasteiger partial charge in [-0.15, -0.1) is 24.0 Å². The third-order valence-corrected chi connectivity index (χ3v) is 3.64. The molecule has 6 heteroatoms. The summed E-state index contributed by atoms with van der Waals surface area (Å²) in [5.74, 6) is 0.412. The van der Waals surface area contributed by atoms with Crippen LogP contribution in [0.1, 0.15) is 56.5 Å². The van der Waals surface area contributed by atoms with Gasteiger partial charge in [0.2, 0.25) is 0 Å². The van der Waals surface area contributed by atoms with Gasteiger partial charge in [-0.25, -0.2) is 4.99 Å². The number of nitrogens with zero attached hydrogens (tertiary/aromatic N) is 1. The van der Waals surface area contributed by atoms with Gasteiger partial charge < -0.3 is 16.4 Å². The van der Waals surface area contributed by atoms with Gasteiger partial charge in [-0.3, -0.25) is 4.79 Å². The van der Waals surface area contributed by atoms with Crippen molar-refractivity contribution >= 4 is 35.8 Å². The predicted octanol–water partition coefficient (Wildman–Crippen LogP) is 3.04. The van der Waals surface area contributed by atoms with E-state index in [1.165, 1.54) is 0 Å². The monoisotopic (exact) mass is 432 g/mol. The summed E-state index contributed by atoms with van der Waals surface area (Å²) in [4.78, 5) is 16.3. The lowest BCUT2D eigenvalue weighted by Crippen LogP contribution is -2.38. The third kappa shape index (κ3) is 8.20. The van der Waals surface area contributed by atoms with Gasteiger partial charge in [0.05, 0.1) is 6.54 Å². The molecule has 130 valence electrons. The van der Waals surface area contributed by atoms with Crippen molar-refractivity contribution in [1.29, 1.82) is 0 Å². The molecular formula is C17H29IN4O. The van der Waals surface area contributed by atoms with Crippen LogP contribution in [0.25, 0.3) is 0 Å². The van der Waals surface area contributed by atoms with Crippen LogP contribution in [0.4, 0.5) is 0 Å². The molecule has 4 N–H and O–H groups in total. The van der Waals surface area contributed by atoms with Gasteiger partial charge in [-0.2, -0.15) is 0 Å². The molecule has 1 aromatic carbocycles. The second-order valence-electron chi connectivity index (χ2n) is 5.63. The molecule has 0 aliphatic heterocycles. The molecule has 2 unspecified atom stereocenters. The summed E-state index contributed by atoms with van der Waals surface area (Å²) in [5.41, 5.74) is 7.51. The number of carbonyl (C=O) groups excluding carboxylic acids is 1. The lowest BCUT2D eigenvalue weighted by molar-refractivity contribution is 0.0939. The molecule has 0 spiro atoms. The fourth-order valence-electron chi connectivity index (χ4n) is 1.75. The largest absolute Gasteiger partial charge is 0.370 e. The number of carbonyl (C=O) groups is 1. The zero-order valence-corrected chi connectivity index (χ0v) is 16.8. The van der Waals surface area contributed by atoms with Gasteiger partial charge in [0.15, 0.2) is 5.96 Å². The number of rotatable bonds is 7. The summed E-state index contributed by atoms with van der Waals surface area (Å²) in [5, 5.41) is 6.07. The predicted molar refractivity (Wildman–Crippen MR) is 107 cm³/mol. The summed E-state index contributed by atoms with van der Waals surface area (Å²) >= 11 is 0. The molecule has 1 aromatic rings. The summed E-state index contributed by atoms with van der Waals surface area (Å²) in [7, 11) is 0. The van der Waals surface area contributed by atoms with E-state index in [0.717, 1.165) is 18.4 Å². The summed E-state index contributed by atoms with van der Waals surface area (Å²) < 4.78 is 0. The number of halogens is 1. The van der Waals surface area contributed by atoms with Crippen LogP contribution in [0, 0.1) is 0 Å². The molecule has 0 aromatic heterocycles. The van der Waals surface area contributed by atoms with Crippen LogP contribution < -0.4 is 16.4 Å². The van der Waals surface area contributed by atoms with Crippen molar-refractivity contribution in [3.05, 3.63) is 35.4 Å². The van der Waals surface area contributed by atoms with E-state index < -0.39 is 0 Å². The first-order valence-electron chi connectivity index (χ1n) is 7.92. The Morgan fingerprint density at radius 1 is 1.09 bits per heavy atom. The van der Waals surface area contributed by atoms with E-state index in [2.05, 4.69) is 29.5 Å². The lowest BCUT2D eigenvalue weighted by Gasteiger charge is -2.12. The third-order valence-electron chi connectivity index (χ3n) is 3.64. The minimum atomic E-state index is -0.0395. The van der Waals surface area contributed by atoms with E-state index in [9.17, 15) is 4.79 Å². The Kier molecular flexibility index (Phi) is 10.6. The van der Waals surface area contributed by atoms with Gasteiger partial charge in [0, 0.05) is 17.6 Å². The van der Waals surface area contributed by atoms with E-state index in [1.54, 1.807) is 0 Å². The topological polar surface area (TPSA) is 79.5 Å². The van der Waals surface area contributed by atoms with Crippen LogP contribution in [0.3, 0.4) is 0 Å². The normalized spacial score (nSPS) is 13.7. The van der Waals surface area contributed by atoms with Crippen LogP contribution >= 0.6 is 24.0 Å². The Balaban J connectivity index is 0.00000484. The van der Waals surface area contributed by atoms with Crippen LogP contribution in [-0.2, 0) is 6.54 Å². The van der Waals surface area contributed by atoms with E-state index in [-0.39, 0.29) is 35.9 Å². The van der Waals surface area contributed by atoms with Gasteiger partial charge in [-0.05, 0) is 44.4 Å². The van der Waals surface area contributed by atoms with Crippen molar-refractivity contribution in [3.8, 4) is 0 Å². The molecular weight excluding hydrogens is 403 g/mol. The molecule has 0 saturated heterocycles. The van der Waals surface area contributed by atoms with E-state index in [4.69, 9.17) is 5.73 Å². The lowest BCUT2D eigenvalue weighted by atomic mass is 10.1. The molecule has 0 aliphatic rings. The van der Waals surface area contributed by atoms with Crippen molar-refractivity contribution in [3.63, 3.8) is 0 Å². The van der Waals surface area contributed by atoms with Gasteiger partial charge in [0.25, 0.3) is 5.91 Å². The maximum absolute atomic E-state index is 12.0. The van der Waals surface area contributed by atoms with Crippen LogP contribution in [0.2, 0.25) is 0 Å². The molecule has 1 rings (SSSR count). The summed E-state index contributed by atoms with van der Waals surface area (Å²) in [6.07, 6.45) is 1.91. The van der Waals surface area contributed by atoms with E-state index in [1.807, 2.05) is 38.1 Å². The fraction of sp³-hybridized carbons (Fsp3) is 0.529.